The molecule has 84 valence electrons. The van der Waals surface area contributed by atoms with Gasteiger partial charge in [-0.25, -0.2) is 4.79 Å². The number of unbranched alkanes of at least 4 members (excludes halogenated alkanes) is 1. The zero-order valence-corrected chi connectivity index (χ0v) is 9.29. The minimum atomic E-state index is -0.877. The van der Waals surface area contributed by atoms with Gasteiger partial charge in [0.1, 0.15) is 0 Å². The number of aromatic nitrogens is 1. The minimum Gasteiger partial charge on any atom is -0.478 e. The van der Waals surface area contributed by atoms with Gasteiger partial charge >= 0.3 is 5.97 Å². The number of carboxylic acid groups (broad SMARTS) is 1. The third-order valence-corrected chi connectivity index (χ3v) is 2.72. The van der Waals surface area contributed by atoms with Gasteiger partial charge in [-0.05, 0) is 37.1 Å². The van der Waals surface area contributed by atoms with Crippen LogP contribution in [0.5, 0.6) is 0 Å². The van der Waals surface area contributed by atoms with Crippen LogP contribution in [0, 0.1) is 0 Å². The Morgan fingerprint density at radius 3 is 2.88 bits per heavy atom. The van der Waals surface area contributed by atoms with Gasteiger partial charge in [-0.15, -0.1) is 0 Å². The van der Waals surface area contributed by atoms with Gasteiger partial charge in [0.05, 0.1) is 5.56 Å². The van der Waals surface area contributed by atoms with E-state index in [-0.39, 0.29) is 0 Å². The number of fused-ring (bicyclic) bond motifs is 1. The lowest BCUT2D eigenvalue weighted by Gasteiger charge is -1.93. The third kappa shape index (κ3) is 2.08. The van der Waals surface area contributed by atoms with Gasteiger partial charge in [-0.1, -0.05) is 13.3 Å². The van der Waals surface area contributed by atoms with Crippen molar-refractivity contribution in [1.29, 1.82) is 0 Å². The number of aromatic carboxylic acids is 1. The molecule has 0 aliphatic carbocycles. The maximum absolute atomic E-state index is 10.8. The molecule has 1 aromatic heterocycles. The fourth-order valence-corrected chi connectivity index (χ4v) is 1.83. The summed E-state index contributed by atoms with van der Waals surface area (Å²) in [6.07, 6.45) is 3.34. The van der Waals surface area contributed by atoms with E-state index < -0.39 is 5.97 Å². The average molecular weight is 217 g/mol. The molecule has 1 heterocycles. The first kappa shape index (κ1) is 10.7. The van der Waals surface area contributed by atoms with Crippen LogP contribution in [0.15, 0.2) is 24.3 Å². The Morgan fingerprint density at radius 2 is 2.19 bits per heavy atom. The van der Waals surface area contributed by atoms with Gasteiger partial charge in [0.25, 0.3) is 0 Å². The van der Waals surface area contributed by atoms with Crippen LogP contribution in [-0.2, 0) is 6.42 Å². The summed E-state index contributed by atoms with van der Waals surface area (Å²) in [5.74, 6) is -0.877. The lowest BCUT2D eigenvalue weighted by Crippen LogP contribution is -1.94. The van der Waals surface area contributed by atoms with Crippen LogP contribution in [0.4, 0.5) is 0 Å². The Kier molecular flexibility index (Phi) is 2.95. The third-order valence-electron chi connectivity index (χ3n) is 2.72. The van der Waals surface area contributed by atoms with E-state index in [0.717, 1.165) is 30.2 Å². The van der Waals surface area contributed by atoms with Crippen LogP contribution in [0.1, 0.15) is 35.8 Å². The maximum Gasteiger partial charge on any atom is 0.335 e. The van der Waals surface area contributed by atoms with Crippen molar-refractivity contribution in [3.05, 3.63) is 35.5 Å². The Hall–Kier alpha value is -1.77. The molecule has 0 saturated heterocycles. The van der Waals surface area contributed by atoms with Crippen LogP contribution >= 0.6 is 0 Å². The highest BCUT2D eigenvalue weighted by Gasteiger charge is 2.05. The summed E-state index contributed by atoms with van der Waals surface area (Å²) >= 11 is 0. The summed E-state index contributed by atoms with van der Waals surface area (Å²) in [5.41, 5.74) is 2.53. The molecule has 0 saturated carbocycles. The molecule has 0 atom stereocenters. The van der Waals surface area contributed by atoms with Crippen LogP contribution in [-0.4, -0.2) is 16.1 Å². The molecule has 0 aliphatic heterocycles. The standard InChI is InChI=1S/C13H15NO2/c1-2-3-4-11-8-10-7-9(13(15)16)5-6-12(10)14-11/h5-8,14H,2-4H2,1H3,(H,15,16). The van der Waals surface area contributed by atoms with Gasteiger partial charge in [-0.3, -0.25) is 0 Å². The summed E-state index contributed by atoms with van der Waals surface area (Å²) in [5, 5.41) is 9.86. The second-order valence-electron chi connectivity index (χ2n) is 4.01. The van der Waals surface area contributed by atoms with E-state index in [2.05, 4.69) is 11.9 Å². The van der Waals surface area contributed by atoms with Gasteiger partial charge in [0.2, 0.25) is 0 Å². The minimum absolute atomic E-state index is 0.341. The highest BCUT2D eigenvalue weighted by atomic mass is 16.4. The maximum atomic E-state index is 10.8. The molecule has 0 bridgehead atoms. The van der Waals surface area contributed by atoms with Crippen LogP contribution in [0.25, 0.3) is 10.9 Å². The van der Waals surface area contributed by atoms with Crippen LogP contribution in [0.3, 0.4) is 0 Å². The van der Waals surface area contributed by atoms with E-state index in [9.17, 15) is 4.79 Å². The molecule has 0 amide bonds. The van der Waals surface area contributed by atoms with Gasteiger partial charge in [0.15, 0.2) is 0 Å². The first-order valence-electron chi connectivity index (χ1n) is 5.55. The monoisotopic (exact) mass is 217 g/mol. The number of hydrogen-bond donors (Lipinski definition) is 2. The molecule has 2 rings (SSSR count). The van der Waals surface area contributed by atoms with Gasteiger partial charge in [-0.2, -0.15) is 0 Å². The molecule has 0 radical (unpaired) electrons. The molecule has 2 aromatic rings. The molecular weight excluding hydrogens is 202 g/mol. The van der Waals surface area contributed by atoms with Crippen LogP contribution < -0.4 is 0 Å². The first-order chi connectivity index (χ1) is 7.70. The van der Waals surface area contributed by atoms with Crippen molar-refractivity contribution in [2.24, 2.45) is 0 Å². The van der Waals surface area contributed by atoms with Crippen molar-refractivity contribution >= 4 is 16.9 Å². The van der Waals surface area contributed by atoms with Crippen molar-refractivity contribution in [2.45, 2.75) is 26.2 Å². The molecule has 1 aromatic carbocycles. The molecule has 0 unspecified atom stereocenters. The Bertz CT molecular complexity index is 514. The SMILES string of the molecule is CCCCc1cc2cc(C(=O)O)ccc2[nH]1. The highest BCUT2D eigenvalue weighted by Crippen LogP contribution is 2.18. The molecule has 0 fully saturated rings. The Balaban J connectivity index is 2.34. The number of aromatic amines is 1. The second-order valence-corrected chi connectivity index (χ2v) is 4.01. The largest absolute Gasteiger partial charge is 0.478 e. The average Bonchev–Trinajstić information content (AvgIpc) is 2.67. The molecule has 3 nitrogen and oxygen atoms in total. The second kappa shape index (κ2) is 4.39. The van der Waals surface area contributed by atoms with Crippen molar-refractivity contribution < 1.29 is 9.90 Å². The summed E-state index contributed by atoms with van der Waals surface area (Å²) in [6, 6.07) is 7.21. The number of carboxylic acids is 1. The number of hydrogen-bond acceptors (Lipinski definition) is 1. The molecular formula is C13H15NO2. The quantitative estimate of drug-likeness (QED) is 0.826. The smallest absolute Gasteiger partial charge is 0.335 e. The predicted octanol–water partition coefficient (Wildman–Crippen LogP) is 3.21. The summed E-state index contributed by atoms with van der Waals surface area (Å²) < 4.78 is 0. The molecule has 16 heavy (non-hydrogen) atoms. The van der Waals surface area contributed by atoms with E-state index in [0.29, 0.717) is 5.56 Å². The zero-order valence-electron chi connectivity index (χ0n) is 9.29. The van der Waals surface area contributed by atoms with Crippen molar-refractivity contribution in [2.75, 3.05) is 0 Å². The zero-order chi connectivity index (χ0) is 11.5. The van der Waals surface area contributed by atoms with E-state index in [4.69, 9.17) is 5.11 Å². The normalized spacial score (nSPS) is 10.8. The Morgan fingerprint density at radius 1 is 1.38 bits per heavy atom. The van der Waals surface area contributed by atoms with Crippen LogP contribution in [0.2, 0.25) is 0 Å². The molecule has 2 N–H and O–H groups in total. The lowest BCUT2D eigenvalue weighted by atomic mass is 10.1. The molecule has 0 aliphatic rings. The van der Waals surface area contributed by atoms with Crippen molar-refractivity contribution in [3.63, 3.8) is 0 Å². The summed E-state index contributed by atoms with van der Waals surface area (Å²) in [6.45, 7) is 2.16. The van der Waals surface area contributed by atoms with Crippen molar-refractivity contribution in [1.82, 2.24) is 4.98 Å². The predicted molar refractivity (Wildman–Crippen MR) is 63.9 cm³/mol. The fraction of sp³-hybridized carbons (Fsp3) is 0.308. The lowest BCUT2D eigenvalue weighted by molar-refractivity contribution is 0.0697. The number of nitrogens with one attached hydrogen (secondary N) is 1. The number of aryl methyl sites for hydroxylation is 1. The number of carbonyl (C=O) groups is 1. The van der Waals surface area contributed by atoms with Crippen molar-refractivity contribution in [3.8, 4) is 0 Å². The van der Waals surface area contributed by atoms with Gasteiger partial charge < -0.3 is 10.1 Å². The number of rotatable bonds is 4. The number of benzene rings is 1. The van der Waals surface area contributed by atoms with E-state index in [1.54, 1.807) is 12.1 Å². The first-order valence-corrected chi connectivity index (χ1v) is 5.55. The highest BCUT2D eigenvalue weighted by molar-refractivity contribution is 5.93. The number of H-pyrrole nitrogens is 1. The molecule has 0 spiro atoms. The van der Waals surface area contributed by atoms with E-state index in [1.807, 2.05) is 12.1 Å². The fourth-order valence-electron chi connectivity index (χ4n) is 1.83. The van der Waals surface area contributed by atoms with E-state index >= 15 is 0 Å². The summed E-state index contributed by atoms with van der Waals surface area (Å²) in [7, 11) is 0. The van der Waals surface area contributed by atoms with E-state index in [1.165, 1.54) is 5.69 Å². The topological polar surface area (TPSA) is 53.1 Å². The molecule has 3 heteroatoms. The van der Waals surface area contributed by atoms with Gasteiger partial charge in [0, 0.05) is 16.6 Å². The Labute approximate surface area is 94.1 Å². The summed E-state index contributed by atoms with van der Waals surface area (Å²) in [4.78, 5) is 14.1.